The van der Waals surface area contributed by atoms with Crippen molar-refractivity contribution in [2.45, 2.75) is 64.9 Å². The third-order valence-electron chi connectivity index (χ3n) is 4.62. The van der Waals surface area contributed by atoms with Crippen LogP contribution in [0.3, 0.4) is 0 Å². The van der Waals surface area contributed by atoms with Crippen molar-refractivity contribution in [1.29, 1.82) is 0 Å². The van der Waals surface area contributed by atoms with Gasteiger partial charge in [0.25, 0.3) is 0 Å². The van der Waals surface area contributed by atoms with Crippen molar-refractivity contribution >= 4 is 0 Å². The Bertz CT molecular complexity index is 221. The molecule has 14 heavy (non-hydrogen) atoms. The molecule has 0 aliphatic heterocycles. The molecule has 82 valence electrons. The van der Waals surface area contributed by atoms with Crippen molar-refractivity contribution in [3.8, 4) is 0 Å². The molecule has 0 radical (unpaired) electrons. The summed E-state index contributed by atoms with van der Waals surface area (Å²) in [7, 11) is 0. The molecule has 0 bridgehead atoms. The van der Waals surface area contributed by atoms with E-state index < -0.39 is 0 Å². The third kappa shape index (κ3) is 1.50. The van der Waals surface area contributed by atoms with Gasteiger partial charge in [0.2, 0.25) is 0 Å². The Hall–Kier alpha value is -0.0400. The first-order valence-corrected chi connectivity index (χ1v) is 6.23. The molecule has 2 saturated carbocycles. The second-order valence-electron chi connectivity index (χ2n) is 6.11. The Balaban J connectivity index is 2.02. The van der Waals surface area contributed by atoms with Gasteiger partial charge < -0.3 is 5.11 Å². The Morgan fingerprint density at radius 1 is 1.36 bits per heavy atom. The highest BCUT2D eigenvalue weighted by Gasteiger charge is 2.61. The van der Waals surface area contributed by atoms with Crippen LogP contribution < -0.4 is 0 Å². The van der Waals surface area contributed by atoms with Gasteiger partial charge in [-0.25, -0.2) is 0 Å². The predicted octanol–water partition coefficient (Wildman–Crippen LogP) is 3.36. The molecule has 0 spiro atoms. The SMILES string of the molecule is CCCC1CC1(O)C1CCCC1(C)C. The van der Waals surface area contributed by atoms with Crippen LogP contribution in [-0.4, -0.2) is 10.7 Å². The minimum Gasteiger partial charge on any atom is -0.389 e. The van der Waals surface area contributed by atoms with Gasteiger partial charge in [0.05, 0.1) is 5.60 Å². The zero-order valence-corrected chi connectivity index (χ0v) is 9.84. The summed E-state index contributed by atoms with van der Waals surface area (Å²) in [5.41, 5.74) is 0.118. The molecule has 2 aliphatic carbocycles. The smallest absolute Gasteiger partial charge is 0.0713 e. The second-order valence-corrected chi connectivity index (χ2v) is 6.11. The lowest BCUT2D eigenvalue weighted by Gasteiger charge is -2.32. The van der Waals surface area contributed by atoms with Crippen molar-refractivity contribution in [2.75, 3.05) is 0 Å². The van der Waals surface area contributed by atoms with E-state index >= 15 is 0 Å². The van der Waals surface area contributed by atoms with Crippen molar-refractivity contribution in [2.24, 2.45) is 17.3 Å². The van der Waals surface area contributed by atoms with E-state index in [1.165, 1.54) is 32.1 Å². The van der Waals surface area contributed by atoms with Gasteiger partial charge in [-0.15, -0.1) is 0 Å². The van der Waals surface area contributed by atoms with Crippen LogP contribution in [0.1, 0.15) is 59.3 Å². The molecule has 2 fully saturated rings. The van der Waals surface area contributed by atoms with Gasteiger partial charge in [0.1, 0.15) is 0 Å². The zero-order chi connectivity index (χ0) is 10.4. The van der Waals surface area contributed by atoms with Crippen molar-refractivity contribution in [3.05, 3.63) is 0 Å². The van der Waals surface area contributed by atoms with E-state index in [1.54, 1.807) is 0 Å². The number of rotatable bonds is 3. The topological polar surface area (TPSA) is 20.2 Å². The highest BCUT2D eigenvalue weighted by Crippen LogP contribution is 2.61. The molecule has 0 amide bonds. The summed E-state index contributed by atoms with van der Waals surface area (Å²) in [5, 5.41) is 10.6. The summed E-state index contributed by atoms with van der Waals surface area (Å²) < 4.78 is 0. The molecule has 1 nitrogen and oxygen atoms in total. The molecule has 0 heterocycles. The van der Waals surface area contributed by atoms with E-state index in [9.17, 15) is 5.11 Å². The van der Waals surface area contributed by atoms with Crippen LogP contribution in [0.5, 0.6) is 0 Å². The molecule has 1 heteroatoms. The normalized spacial score (nSPS) is 45.4. The molecular formula is C13H24O. The maximum atomic E-state index is 10.6. The fourth-order valence-corrected chi connectivity index (χ4v) is 3.72. The van der Waals surface area contributed by atoms with Crippen LogP contribution in [0.2, 0.25) is 0 Å². The summed E-state index contributed by atoms with van der Waals surface area (Å²) in [6.07, 6.45) is 7.40. The van der Waals surface area contributed by atoms with E-state index in [0.717, 1.165) is 6.42 Å². The lowest BCUT2D eigenvalue weighted by molar-refractivity contribution is 0.0164. The number of hydrogen-bond acceptors (Lipinski definition) is 1. The maximum Gasteiger partial charge on any atom is 0.0713 e. The van der Waals surface area contributed by atoms with E-state index in [2.05, 4.69) is 20.8 Å². The van der Waals surface area contributed by atoms with Gasteiger partial charge in [-0.05, 0) is 42.9 Å². The van der Waals surface area contributed by atoms with Crippen LogP contribution in [-0.2, 0) is 0 Å². The lowest BCUT2D eigenvalue weighted by Crippen LogP contribution is -2.33. The largest absolute Gasteiger partial charge is 0.389 e. The number of hydrogen-bond donors (Lipinski definition) is 1. The van der Waals surface area contributed by atoms with E-state index in [4.69, 9.17) is 0 Å². The highest BCUT2D eigenvalue weighted by atomic mass is 16.3. The Labute approximate surface area is 87.9 Å². The summed E-state index contributed by atoms with van der Waals surface area (Å²) in [6.45, 7) is 6.90. The molecule has 2 rings (SSSR count). The average molecular weight is 196 g/mol. The van der Waals surface area contributed by atoms with E-state index in [-0.39, 0.29) is 5.60 Å². The fourth-order valence-electron chi connectivity index (χ4n) is 3.72. The predicted molar refractivity (Wildman–Crippen MR) is 59.1 cm³/mol. The zero-order valence-electron chi connectivity index (χ0n) is 9.84. The van der Waals surface area contributed by atoms with Gasteiger partial charge in [0, 0.05) is 0 Å². The third-order valence-corrected chi connectivity index (χ3v) is 4.62. The molecule has 0 saturated heterocycles. The molecule has 3 unspecified atom stereocenters. The van der Waals surface area contributed by atoms with Gasteiger partial charge in [-0.2, -0.15) is 0 Å². The van der Waals surface area contributed by atoms with Gasteiger partial charge in [-0.3, -0.25) is 0 Å². The standard InChI is InChI=1S/C13H24O/c1-4-6-10-9-13(10,14)11-7-5-8-12(11,2)3/h10-11,14H,4-9H2,1-3H3. The molecular weight excluding hydrogens is 172 g/mol. The Kier molecular flexibility index (Phi) is 2.42. The monoisotopic (exact) mass is 196 g/mol. The molecule has 1 N–H and O–H groups in total. The van der Waals surface area contributed by atoms with Crippen LogP contribution in [0, 0.1) is 17.3 Å². The first-order chi connectivity index (χ1) is 6.50. The van der Waals surface area contributed by atoms with Crippen LogP contribution in [0.25, 0.3) is 0 Å². The molecule has 0 aromatic heterocycles. The molecule has 3 atom stereocenters. The molecule has 0 aromatic rings. The van der Waals surface area contributed by atoms with Crippen LogP contribution >= 0.6 is 0 Å². The Morgan fingerprint density at radius 3 is 2.57 bits per heavy atom. The molecule has 0 aromatic carbocycles. The quantitative estimate of drug-likeness (QED) is 0.734. The van der Waals surface area contributed by atoms with Crippen molar-refractivity contribution in [1.82, 2.24) is 0 Å². The lowest BCUT2D eigenvalue weighted by atomic mass is 9.76. The number of aliphatic hydroxyl groups is 1. The Morgan fingerprint density at radius 2 is 2.07 bits per heavy atom. The second kappa shape index (κ2) is 3.23. The fraction of sp³-hybridized carbons (Fsp3) is 1.00. The summed E-state index contributed by atoms with van der Waals surface area (Å²) >= 11 is 0. The van der Waals surface area contributed by atoms with E-state index in [0.29, 0.717) is 17.3 Å². The van der Waals surface area contributed by atoms with E-state index in [1.807, 2.05) is 0 Å². The summed E-state index contributed by atoms with van der Waals surface area (Å²) in [5.74, 6) is 1.20. The molecule has 2 aliphatic rings. The highest BCUT2D eigenvalue weighted by molar-refractivity contribution is 5.11. The van der Waals surface area contributed by atoms with Gasteiger partial charge >= 0.3 is 0 Å². The van der Waals surface area contributed by atoms with Crippen LogP contribution in [0.4, 0.5) is 0 Å². The first-order valence-electron chi connectivity index (χ1n) is 6.23. The minimum absolute atomic E-state index is 0.268. The van der Waals surface area contributed by atoms with Crippen molar-refractivity contribution < 1.29 is 5.11 Å². The van der Waals surface area contributed by atoms with Gasteiger partial charge in [0.15, 0.2) is 0 Å². The average Bonchev–Trinajstić information content (AvgIpc) is 2.55. The maximum absolute atomic E-state index is 10.6. The van der Waals surface area contributed by atoms with Gasteiger partial charge in [-0.1, -0.05) is 33.6 Å². The summed E-state index contributed by atoms with van der Waals surface area (Å²) in [6, 6.07) is 0. The first kappa shape index (κ1) is 10.5. The van der Waals surface area contributed by atoms with Crippen molar-refractivity contribution in [3.63, 3.8) is 0 Å². The van der Waals surface area contributed by atoms with Crippen LogP contribution in [0.15, 0.2) is 0 Å². The summed E-state index contributed by atoms with van der Waals surface area (Å²) in [4.78, 5) is 0. The minimum atomic E-state index is -0.268.